The lowest BCUT2D eigenvalue weighted by molar-refractivity contribution is -0.140. The summed E-state index contributed by atoms with van der Waals surface area (Å²) < 4.78 is 14.3. The summed E-state index contributed by atoms with van der Waals surface area (Å²) in [5.41, 5.74) is 1.87. The molecule has 3 aromatic carbocycles. The van der Waals surface area contributed by atoms with Crippen LogP contribution in [0.1, 0.15) is 22.7 Å². The fourth-order valence-electron chi connectivity index (χ4n) is 3.58. The number of hydrogen-bond donors (Lipinski definition) is 1. The van der Waals surface area contributed by atoms with Crippen LogP contribution in [-0.4, -0.2) is 21.7 Å². The van der Waals surface area contributed by atoms with Crippen LogP contribution in [0.5, 0.6) is 0 Å². The van der Waals surface area contributed by atoms with Crippen molar-refractivity contribution in [2.24, 2.45) is 0 Å². The fraction of sp³-hybridized carbons (Fsp3) is 0.0833. The number of Topliss-reactive ketones (excluding diaryl/α,β-unsaturated/α-hetero) is 1. The monoisotopic (exact) mass is 513 g/mol. The van der Waals surface area contributed by atoms with E-state index in [9.17, 15) is 19.1 Å². The number of halogens is 2. The summed E-state index contributed by atoms with van der Waals surface area (Å²) in [5.74, 6) is -2.19. The van der Waals surface area contributed by atoms with Gasteiger partial charge in [-0.3, -0.25) is 9.59 Å². The fourth-order valence-corrected chi connectivity index (χ4v) is 3.94. The molecule has 1 N–H and O–H groups in total. The van der Waals surface area contributed by atoms with Gasteiger partial charge in [0.2, 0.25) is 0 Å². The Morgan fingerprint density at radius 3 is 2.20 bits per heavy atom. The van der Waals surface area contributed by atoms with Crippen LogP contribution in [0.25, 0.3) is 5.76 Å². The predicted octanol–water partition coefficient (Wildman–Crippen LogP) is 5.05. The minimum Gasteiger partial charge on any atom is -0.507 e. The van der Waals surface area contributed by atoms with E-state index in [0.717, 1.165) is 9.13 Å². The first kappa shape index (κ1) is 20.3. The molecule has 1 aliphatic heterocycles. The van der Waals surface area contributed by atoms with E-state index in [4.69, 9.17) is 0 Å². The van der Waals surface area contributed by atoms with Crippen LogP contribution in [0.2, 0.25) is 0 Å². The summed E-state index contributed by atoms with van der Waals surface area (Å²) in [7, 11) is 0. The lowest BCUT2D eigenvalue weighted by Crippen LogP contribution is -2.29. The summed E-state index contributed by atoms with van der Waals surface area (Å²) in [5, 5.41) is 10.9. The molecule has 4 nitrogen and oxygen atoms in total. The Morgan fingerprint density at radius 2 is 1.57 bits per heavy atom. The Hall–Kier alpha value is -3.00. The first-order chi connectivity index (χ1) is 14.5. The van der Waals surface area contributed by atoms with Crippen molar-refractivity contribution in [2.45, 2.75) is 12.6 Å². The first-order valence-corrected chi connectivity index (χ1v) is 10.4. The maximum absolute atomic E-state index is 13.3. The van der Waals surface area contributed by atoms with Crippen molar-refractivity contribution in [1.29, 1.82) is 0 Å². The van der Waals surface area contributed by atoms with Gasteiger partial charge >= 0.3 is 0 Å². The molecule has 0 bridgehead atoms. The summed E-state index contributed by atoms with van der Waals surface area (Å²) >= 11 is 2.18. The molecule has 30 heavy (non-hydrogen) atoms. The van der Waals surface area contributed by atoms with Crippen LogP contribution in [-0.2, 0) is 16.1 Å². The number of carbonyl (C=O) groups excluding carboxylic acids is 2. The zero-order chi connectivity index (χ0) is 21.3. The Bertz CT molecular complexity index is 1130. The summed E-state index contributed by atoms with van der Waals surface area (Å²) in [6, 6.07) is 21.3. The number of amides is 1. The first-order valence-electron chi connectivity index (χ1n) is 9.29. The second-order valence-electron chi connectivity index (χ2n) is 6.97. The van der Waals surface area contributed by atoms with Gasteiger partial charge in [0.15, 0.2) is 0 Å². The number of nitrogens with zero attached hydrogens (tertiary/aromatic N) is 1. The highest BCUT2D eigenvalue weighted by atomic mass is 127. The van der Waals surface area contributed by atoms with E-state index >= 15 is 0 Å². The molecule has 0 radical (unpaired) electrons. The van der Waals surface area contributed by atoms with Crippen LogP contribution < -0.4 is 0 Å². The number of ketones is 1. The van der Waals surface area contributed by atoms with Crippen molar-refractivity contribution < 1.29 is 19.1 Å². The molecule has 1 saturated heterocycles. The van der Waals surface area contributed by atoms with Crippen molar-refractivity contribution in [3.8, 4) is 0 Å². The molecule has 1 aliphatic rings. The number of benzene rings is 3. The third-order valence-corrected chi connectivity index (χ3v) is 5.76. The van der Waals surface area contributed by atoms with Crippen molar-refractivity contribution in [1.82, 2.24) is 4.90 Å². The van der Waals surface area contributed by atoms with E-state index in [1.807, 2.05) is 54.6 Å². The van der Waals surface area contributed by atoms with E-state index in [1.165, 1.54) is 29.2 Å². The molecule has 0 aliphatic carbocycles. The van der Waals surface area contributed by atoms with Gasteiger partial charge in [0.05, 0.1) is 11.6 Å². The van der Waals surface area contributed by atoms with Crippen molar-refractivity contribution in [3.05, 3.63) is 111 Å². The number of rotatable bonds is 4. The molecule has 1 unspecified atom stereocenters. The number of carbonyl (C=O) groups is 2. The van der Waals surface area contributed by atoms with Gasteiger partial charge in [0, 0.05) is 15.7 Å². The second kappa shape index (κ2) is 8.39. The van der Waals surface area contributed by atoms with Crippen LogP contribution in [0.4, 0.5) is 4.39 Å². The van der Waals surface area contributed by atoms with Crippen molar-refractivity contribution in [3.63, 3.8) is 0 Å². The summed E-state index contributed by atoms with van der Waals surface area (Å²) in [6.07, 6.45) is 0. The highest BCUT2D eigenvalue weighted by Crippen LogP contribution is 2.40. The van der Waals surface area contributed by atoms with Gasteiger partial charge in [0.1, 0.15) is 11.6 Å². The SMILES string of the molecule is O=C1C(=O)N(Cc2ccccc2)C(c2ccc(I)cc2)/C1=C(\O)c1ccc(F)cc1. The standard InChI is InChI=1S/C24H17FINO3/c25-18-10-6-17(7-11-18)22(28)20-21(16-8-12-19(26)13-9-16)27(24(30)23(20)29)14-15-4-2-1-3-5-15/h1-13,21,28H,14H2/b22-20+. The minimum absolute atomic E-state index is 0.00347. The molecule has 0 spiro atoms. The van der Waals surface area contributed by atoms with E-state index in [1.54, 1.807) is 0 Å². The number of likely N-dealkylation sites (tertiary alicyclic amines) is 1. The van der Waals surface area contributed by atoms with Gasteiger partial charge in [-0.2, -0.15) is 0 Å². The molecule has 1 amide bonds. The topological polar surface area (TPSA) is 57.6 Å². The van der Waals surface area contributed by atoms with Gasteiger partial charge in [0.25, 0.3) is 11.7 Å². The zero-order valence-electron chi connectivity index (χ0n) is 15.8. The highest BCUT2D eigenvalue weighted by Gasteiger charge is 2.46. The Labute approximate surface area is 186 Å². The molecular weight excluding hydrogens is 496 g/mol. The second-order valence-corrected chi connectivity index (χ2v) is 8.22. The average Bonchev–Trinajstić information content (AvgIpc) is 3.00. The Balaban J connectivity index is 1.85. The normalized spacial score (nSPS) is 18.1. The van der Waals surface area contributed by atoms with Crippen molar-refractivity contribution >= 4 is 40.0 Å². The van der Waals surface area contributed by atoms with Crippen LogP contribution in [0.15, 0.2) is 84.4 Å². The zero-order valence-corrected chi connectivity index (χ0v) is 17.9. The van der Waals surface area contributed by atoms with Gasteiger partial charge in [-0.05, 0) is 70.1 Å². The molecule has 0 aromatic heterocycles. The highest BCUT2D eigenvalue weighted by molar-refractivity contribution is 14.1. The van der Waals surface area contributed by atoms with E-state index < -0.39 is 23.5 Å². The van der Waals surface area contributed by atoms with Crippen LogP contribution in [0, 0.1) is 9.39 Å². The lowest BCUT2D eigenvalue weighted by atomic mass is 9.95. The quantitative estimate of drug-likeness (QED) is 0.230. The minimum atomic E-state index is -0.753. The van der Waals surface area contributed by atoms with Crippen LogP contribution in [0.3, 0.4) is 0 Å². The third kappa shape index (κ3) is 3.87. The average molecular weight is 513 g/mol. The molecular formula is C24H17FINO3. The third-order valence-electron chi connectivity index (χ3n) is 5.04. The predicted molar refractivity (Wildman–Crippen MR) is 120 cm³/mol. The molecule has 1 atom stereocenters. The van der Waals surface area contributed by atoms with Crippen LogP contribution >= 0.6 is 22.6 Å². The maximum Gasteiger partial charge on any atom is 0.295 e. The molecule has 0 saturated carbocycles. The molecule has 4 rings (SSSR count). The van der Waals surface area contributed by atoms with Gasteiger partial charge in [-0.25, -0.2) is 4.39 Å². The van der Waals surface area contributed by atoms with Gasteiger partial charge in [-0.1, -0.05) is 42.5 Å². The Kier molecular flexibility index (Phi) is 5.67. The molecule has 1 heterocycles. The van der Waals surface area contributed by atoms with E-state index in [0.29, 0.717) is 5.56 Å². The molecule has 1 fully saturated rings. The van der Waals surface area contributed by atoms with Crippen molar-refractivity contribution in [2.75, 3.05) is 0 Å². The summed E-state index contributed by atoms with van der Waals surface area (Å²) in [6.45, 7) is 0.224. The Morgan fingerprint density at radius 1 is 0.933 bits per heavy atom. The lowest BCUT2D eigenvalue weighted by Gasteiger charge is -2.25. The van der Waals surface area contributed by atoms with E-state index in [2.05, 4.69) is 22.6 Å². The number of aliphatic hydroxyl groups is 1. The molecule has 6 heteroatoms. The smallest absolute Gasteiger partial charge is 0.295 e. The molecule has 3 aromatic rings. The molecule has 150 valence electrons. The summed E-state index contributed by atoms with van der Waals surface area (Å²) in [4.78, 5) is 27.4. The maximum atomic E-state index is 13.3. The largest absolute Gasteiger partial charge is 0.507 e. The number of hydrogen-bond acceptors (Lipinski definition) is 3. The van der Waals surface area contributed by atoms with Gasteiger partial charge < -0.3 is 10.0 Å². The van der Waals surface area contributed by atoms with E-state index in [-0.39, 0.29) is 23.4 Å². The van der Waals surface area contributed by atoms with Gasteiger partial charge in [-0.15, -0.1) is 0 Å². The number of aliphatic hydroxyl groups excluding tert-OH is 1.